The fourth-order valence-corrected chi connectivity index (χ4v) is 1.68. The lowest BCUT2D eigenvalue weighted by atomic mass is 10.3. The molecule has 0 aliphatic heterocycles. The molecule has 0 amide bonds. The molecule has 17 heavy (non-hydrogen) atoms. The second-order valence-corrected chi connectivity index (χ2v) is 4.68. The van der Waals surface area contributed by atoms with Crippen LogP contribution in [-0.2, 0) is 0 Å². The first-order valence-electron chi connectivity index (χ1n) is 5.69. The number of aliphatic hydroxyl groups excluding tert-OH is 1. The number of benzene rings is 1. The number of hydrogen-bond donors (Lipinski definition) is 3. The van der Waals surface area contributed by atoms with Crippen LogP contribution in [0.1, 0.15) is 6.42 Å². The van der Waals surface area contributed by atoms with E-state index in [0.717, 1.165) is 23.2 Å². The van der Waals surface area contributed by atoms with Crippen molar-refractivity contribution < 1.29 is 9.84 Å². The zero-order valence-electron chi connectivity index (χ0n) is 9.73. The summed E-state index contributed by atoms with van der Waals surface area (Å²) in [5, 5.41) is 12.8. The summed E-state index contributed by atoms with van der Waals surface area (Å²) in [4.78, 5) is 0. The predicted molar refractivity (Wildman–Crippen MR) is 72.2 cm³/mol. The lowest BCUT2D eigenvalue weighted by Gasteiger charge is -2.13. The van der Waals surface area contributed by atoms with E-state index in [1.807, 2.05) is 24.3 Å². The molecule has 1 aromatic carbocycles. The molecule has 0 fully saturated rings. The van der Waals surface area contributed by atoms with Crippen molar-refractivity contribution >= 4 is 15.9 Å². The lowest BCUT2D eigenvalue weighted by molar-refractivity contribution is 0.106. The van der Waals surface area contributed by atoms with E-state index < -0.39 is 6.10 Å². The normalized spacial score (nSPS) is 12.4. The van der Waals surface area contributed by atoms with Crippen molar-refractivity contribution in [1.29, 1.82) is 0 Å². The van der Waals surface area contributed by atoms with Crippen LogP contribution in [0.2, 0.25) is 0 Å². The van der Waals surface area contributed by atoms with Gasteiger partial charge in [-0.3, -0.25) is 0 Å². The van der Waals surface area contributed by atoms with Crippen molar-refractivity contribution in [3.05, 3.63) is 28.7 Å². The second-order valence-electron chi connectivity index (χ2n) is 3.77. The van der Waals surface area contributed by atoms with Gasteiger partial charge in [0, 0.05) is 11.0 Å². The molecule has 5 heteroatoms. The van der Waals surface area contributed by atoms with Gasteiger partial charge >= 0.3 is 0 Å². The number of halogens is 1. The molecule has 0 heterocycles. The number of nitrogens with two attached hydrogens (primary N) is 1. The van der Waals surface area contributed by atoms with Gasteiger partial charge in [-0.05, 0) is 37.7 Å². The number of rotatable bonds is 8. The van der Waals surface area contributed by atoms with Gasteiger partial charge in [0.25, 0.3) is 0 Å². The van der Waals surface area contributed by atoms with Crippen molar-refractivity contribution in [2.45, 2.75) is 12.5 Å². The van der Waals surface area contributed by atoms with Gasteiger partial charge in [-0.25, -0.2) is 0 Å². The molecule has 0 saturated heterocycles. The van der Waals surface area contributed by atoms with Gasteiger partial charge in [-0.15, -0.1) is 0 Å². The minimum atomic E-state index is -0.508. The molecule has 0 aliphatic carbocycles. The van der Waals surface area contributed by atoms with Crippen LogP contribution < -0.4 is 15.8 Å². The molecule has 1 atom stereocenters. The third-order valence-electron chi connectivity index (χ3n) is 2.18. The first-order valence-corrected chi connectivity index (χ1v) is 6.49. The molecule has 1 aromatic rings. The van der Waals surface area contributed by atoms with Crippen molar-refractivity contribution in [2.75, 3.05) is 26.2 Å². The van der Waals surface area contributed by atoms with Crippen molar-refractivity contribution in [2.24, 2.45) is 5.73 Å². The summed E-state index contributed by atoms with van der Waals surface area (Å²) in [7, 11) is 0. The molecular weight excluding hydrogens is 284 g/mol. The molecule has 1 rings (SSSR count). The third-order valence-corrected chi connectivity index (χ3v) is 2.67. The highest BCUT2D eigenvalue weighted by Gasteiger charge is 2.04. The molecule has 0 bridgehead atoms. The Bertz CT molecular complexity index is 323. The maximum Gasteiger partial charge on any atom is 0.120 e. The second kappa shape index (κ2) is 8.47. The number of ether oxygens (including phenoxy) is 1. The maximum absolute atomic E-state index is 9.65. The molecule has 0 aromatic heterocycles. The van der Waals surface area contributed by atoms with Crippen LogP contribution >= 0.6 is 15.9 Å². The molecule has 0 radical (unpaired) electrons. The first-order chi connectivity index (χ1) is 8.22. The average molecular weight is 303 g/mol. The zero-order valence-corrected chi connectivity index (χ0v) is 11.3. The minimum absolute atomic E-state index is 0.284. The highest BCUT2D eigenvalue weighted by molar-refractivity contribution is 9.10. The van der Waals surface area contributed by atoms with Gasteiger partial charge in [0.15, 0.2) is 0 Å². The van der Waals surface area contributed by atoms with Gasteiger partial charge in [0.1, 0.15) is 18.5 Å². The summed E-state index contributed by atoms with van der Waals surface area (Å²) >= 11 is 3.36. The van der Waals surface area contributed by atoms with E-state index in [1.54, 1.807) is 0 Å². The van der Waals surface area contributed by atoms with Crippen LogP contribution in [0.15, 0.2) is 28.7 Å². The standard InChI is InChI=1S/C12H19BrN2O2/c13-10-3-1-4-12(7-10)17-9-11(16)8-15-6-2-5-14/h1,3-4,7,11,15-16H,2,5-6,8-9,14H2. The van der Waals surface area contributed by atoms with Crippen LogP contribution in [0.25, 0.3) is 0 Å². The van der Waals surface area contributed by atoms with E-state index in [9.17, 15) is 5.11 Å². The highest BCUT2D eigenvalue weighted by atomic mass is 79.9. The lowest BCUT2D eigenvalue weighted by Crippen LogP contribution is -2.32. The largest absolute Gasteiger partial charge is 0.491 e. The van der Waals surface area contributed by atoms with Crippen molar-refractivity contribution in [1.82, 2.24) is 5.32 Å². The molecule has 4 N–H and O–H groups in total. The molecule has 0 saturated carbocycles. The fraction of sp³-hybridized carbons (Fsp3) is 0.500. The number of aliphatic hydroxyl groups is 1. The Labute approximate surface area is 110 Å². The molecular formula is C12H19BrN2O2. The van der Waals surface area contributed by atoms with Gasteiger partial charge < -0.3 is 20.9 Å². The monoisotopic (exact) mass is 302 g/mol. The Morgan fingerprint density at radius 1 is 1.47 bits per heavy atom. The minimum Gasteiger partial charge on any atom is -0.491 e. The highest BCUT2D eigenvalue weighted by Crippen LogP contribution is 2.17. The quantitative estimate of drug-likeness (QED) is 0.630. The van der Waals surface area contributed by atoms with Gasteiger partial charge in [0.05, 0.1) is 0 Å². The molecule has 96 valence electrons. The summed E-state index contributed by atoms with van der Waals surface area (Å²) in [5.74, 6) is 0.750. The fourth-order valence-electron chi connectivity index (χ4n) is 1.30. The number of nitrogens with one attached hydrogen (secondary N) is 1. The van der Waals surface area contributed by atoms with Crippen LogP contribution in [0.5, 0.6) is 5.75 Å². The van der Waals surface area contributed by atoms with Gasteiger partial charge in [0.2, 0.25) is 0 Å². The Kier molecular flexibility index (Phi) is 7.19. The molecule has 0 aliphatic rings. The van der Waals surface area contributed by atoms with E-state index in [-0.39, 0.29) is 6.61 Å². The predicted octanol–water partition coefficient (Wildman–Crippen LogP) is 1.13. The van der Waals surface area contributed by atoms with Crippen LogP contribution in [0.4, 0.5) is 0 Å². The smallest absolute Gasteiger partial charge is 0.120 e. The van der Waals surface area contributed by atoms with E-state index in [0.29, 0.717) is 13.1 Å². The van der Waals surface area contributed by atoms with E-state index in [1.165, 1.54) is 0 Å². The van der Waals surface area contributed by atoms with E-state index in [2.05, 4.69) is 21.2 Å². The Morgan fingerprint density at radius 3 is 3.00 bits per heavy atom. The topological polar surface area (TPSA) is 67.5 Å². The van der Waals surface area contributed by atoms with Crippen LogP contribution in [-0.4, -0.2) is 37.5 Å². The number of hydrogen-bond acceptors (Lipinski definition) is 4. The summed E-state index contributed by atoms with van der Waals surface area (Å²) < 4.78 is 6.42. The summed E-state index contributed by atoms with van der Waals surface area (Å²) in [6, 6.07) is 7.55. The first kappa shape index (κ1) is 14.4. The van der Waals surface area contributed by atoms with E-state index in [4.69, 9.17) is 10.5 Å². The van der Waals surface area contributed by atoms with Crippen LogP contribution in [0.3, 0.4) is 0 Å². The van der Waals surface area contributed by atoms with Crippen molar-refractivity contribution in [3.8, 4) is 5.75 Å². The van der Waals surface area contributed by atoms with E-state index >= 15 is 0 Å². The van der Waals surface area contributed by atoms with Crippen molar-refractivity contribution in [3.63, 3.8) is 0 Å². The zero-order chi connectivity index (χ0) is 12.5. The SMILES string of the molecule is NCCCNCC(O)COc1cccc(Br)c1. The summed E-state index contributed by atoms with van der Waals surface area (Å²) in [6.45, 7) is 2.29. The Hall–Kier alpha value is -0.620. The maximum atomic E-state index is 9.65. The molecule has 0 spiro atoms. The molecule has 1 unspecified atom stereocenters. The Balaban J connectivity index is 2.17. The van der Waals surface area contributed by atoms with Gasteiger partial charge in [-0.2, -0.15) is 0 Å². The Morgan fingerprint density at radius 2 is 2.29 bits per heavy atom. The summed E-state index contributed by atoms with van der Waals surface area (Å²) in [6.07, 6.45) is 0.408. The van der Waals surface area contributed by atoms with Crippen LogP contribution in [0, 0.1) is 0 Å². The average Bonchev–Trinajstić information content (AvgIpc) is 2.32. The molecule has 4 nitrogen and oxygen atoms in total. The summed E-state index contributed by atoms with van der Waals surface area (Å²) in [5.41, 5.74) is 5.36. The van der Waals surface area contributed by atoms with Gasteiger partial charge in [-0.1, -0.05) is 22.0 Å². The third kappa shape index (κ3) is 6.63.